The molecule has 0 heterocycles. The fraction of sp³-hybridized carbons (Fsp3) is 0.579. The largest absolute Gasteiger partial charge is 0.491 e. The van der Waals surface area contributed by atoms with Crippen LogP contribution in [0.15, 0.2) is 24.3 Å². The maximum atomic E-state index is 11.4. The highest BCUT2D eigenvalue weighted by molar-refractivity contribution is 5.75. The van der Waals surface area contributed by atoms with Gasteiger partial charge in [0.1, 0.15) is 18.5 Å². The number of methoxy groups -OCH3 is 1. The molecule has 7 heteroatoms. The molecule has 0 radical (unpaired) electrons. The van der Waals surface area contributed by atoms with Gasteiger partial charge in [0, 0.05) is 39.5 Å². The molecule has 26 heavy (non-hydrogen) atoms. The fourth-order valence-corrected chi connectivity index (χ4v) is 2.26. The molecule has 1 atom stereocenters. The molecule has 146 valence electrons. The molecule has 0 fully saturated rings. The van der Waals surface area contributed by atoms with E-state index >= 15 is 0 Å². The zero-order chi connectivity index (χ0) is 19.4. The third-order valence-corrected chi connectivity index (χ3v) is 3.94. The summed E-state index contributed by atoms with van der Waals surface area (Å²) in [6, 6.07) is 7.42. The van der Waals surface area contributed by atoms with Gasteiger partial charge in [-0.05, 0) is 24.1 Å². The van der Waals surface area contributed by atoms with Gasteiger partial charge in [-0.2, -0.15) is 0 Å². The highest BCUT2D eigenvalue weighted by atomic mass is 16.5. The zero-order valence-corrected chi connectivity index (χ0v) is 15.9. The van der Waals surface area contributed by atoms with Crippen molar-refractivity contribution in [1.29, 1.82) is 0 Å². The normalized spacial score (nSPS) is 11.7. The zero-order valence-electron chi connectivity index (χ0n) is 15.9. The van der Waals surface area contributed by atoms with E-state index in [9.17, 15) is 14.7 Å². The lowest BCUT2D eigenvalue weighted by atomic mass is 10.1. The van der Waals surface area contributed by atoms with Crippen LogP contribution < -0.4 is 10.1 Å². The highest BCUT2D eigenvalue weighted by Crippen LogP contribution is 2.13. The average molecular weight is 366 g/mol. The summed E-state index contributed by atoms with van der Waals surface area (Å²) in [5.41, 5.74) is 1.02. The molecule has 1 rings (SSSR count). The van der Waals surface area contributed by atoms with Crippen molar-refractivity contribution in [2.45, 2.75) is 32.3 Å². The van der Waals surface area contributed by atoms with Crippen molar-refractivity contribution in [1.82, 2.24) is 10.2 Å². The van der Waals surface area contributed by atoms with Gasteiger partial charge in [0.2, 0.25) is 5.91 Å². The number of carbonyl (C=O) groups is 2. The predicted octanol–water partition coefficient (Wildman–Crippen LogP) is 0.990. The van der Waals surface area contributed by atoms with Gasteiger partial charge >= 0.3 is 5.97 Å². The van der Waals surface area contributed by atoms with Crippen molar-refractivity contribution in [2.75, 3.05) is 40.4 Å². The first-order valence-electron chi connectivity index (χ1n) is 8.87. The molecule has 7 nitrogen and oxygen atoms in total. The maximum absolute atomic E-state index is 11.4. The van der Waals surface area contributed by atoms with Gasteiger partial charge in [0.05, 0.1) is 7.11 Å². The Morgan fingerprint density at radius 1 is 1.27 bits per heavy atom. The second-order valence-corrected chi connectivity index (χ2v) is 6.06. The van der Waals surface area contributed by atoms with Crippen LogP contribution in [0.2, 0.25) is 0 Å². The molecular formula is C19H30N2O5. The number of likely N-dealkylation sites (N-methyl/N-ethyl adjacent to an activating group) is 1. The topological polar surface area (TPSA) is 88.1 Å². The minimum atomic E-state index is -0.638. The summed E-state index contributed by atoms with van der Waals surface area (Å²) in [6.45, 7) is 3.63. The average Bonchev–Trinajstić information content (AvgIpc) is 2.67. The van der Waals surface area contributed by atoms with Crippen LogP contribution in [0.4, 0.5) is 0 Å². The number of nitrogens with one attached hydrogen (secondary N) is 1. The number of esters is 1. The van der Waals surface area contributed by atoms with Gasteiger partial charge in [-0.25, -0.2) is 0 Å². The number of benzene rings is 1. The van der Waals surface area contributed by atoms with Crippen molar-refractivity contribution in [3.63, 3.8) is 0 Å². The lowest BCUT2D eigenvalue weighted by Gasteiger charge is -2.18. The second kappa shape index (κ2) is 12.3. The third kappa shape index (κ3) is 8.82. The highest BCUT2D eigenvalue weighted by Gasteiger charge is 2.08. The Hall–Kier alpha value is -2.12. The van der Waals surface area contributed by atoms with E-state index in [0.717, 1.165) is 5.56 Å². The lowest BCUT2D eigenvalue weighted by Crippen LogP contribution is -2.37. The fourth-order valence-electron chi connectivity index (χ4n) is 2.26. The third-order valence-electron chi connectivity index (χ3n) is 3.94. The number of carbonyl (C=O) groups excluding carboxylic acids is 2. The Labute approximate surface area is 155 Å². The number of ether oxygens (including phenoxy) is 2. The summed E-state index contributed by atoms with van der Waals surface area (Å²) in [6.07, 6.45) is 0.824. The summed E-state index contributed by atoms with van der Waals surface area (Å²) >= 11 is 0. The number of aliphatic hydroxyl groups excluding tert-OH is 1. The van der Waals surface area contributed by atoms with Gasteiger partial charge in [-0.1, -0.05) is 19.1 Å². The molecule has 0 bridgehead atoms. The minimum absolute atomic E-state index is 0.103. The molecule has 1 aromatic carbocycles. The van der Waals surface area contributed by atoms with Crippen LogP contribution in [-0.4, -0.2) is 68.4 Å². The van der Waals surface area contributed by atoms with Crippen molar-refractivity contribution in [3.8, 4) is 5.75 Å². The van der Waals surface area contributed by atoms with Crippen molar-refractivity contribution in [2.24, 2.45) is 0 Å². The standard InChI is InChI=1S/C19H30N2O5/c1-4-18(23)21(2)12-11-20-13-16(22)14-26-17-8-5-15(6-9-17)7-10-19(24)25-3/h5-6,8-9,16,20,22H,4,7,10-14H2,1-3H3. The first-order chi connectivity index (χ1) is 12.5. The summed E-state index contributed by atoms with van der Waals surface area (Å²) in [7, 11) is 3.14. The van der Waals surface area contributed by atoms with Crippen LogP contribution in [0.1, 0.15) is 25.3 Å². The van der Waals surface area contributed by atoms with E-state index in [-0.39, 0.29) is 18.5 Å². The van der Waals surface area contributed by atoms with Crippen LogP contribution in [0.25, 0.3) is 0 Å². The van der Waals surface area contributed by atoms with E-state index in [1.54, 1.807) is 11.9 Å². The van der Waals surface area contributed by atoms with Gasteiger partial charge in [0.15, 0.2) is 0 Å². The van der Waals surface area contributed by atoms with Crippen LogP contribution in [0, 0.1) is 0 Å². The van der Waals surface area contributed by atoms with Gasteiger partial charge in [-0.3, -0.25) is 9.59 Å². The Morgan fingerprint density at radius 3 is 2.58 bits per heavy atom. The Balaban J connectivity index is 2.20. The van der Waals surface area contributed by atoms with E-state index < -0.39 is 6.10 Å². The van der Waals surface area contributed by atoms with Crippen molar-refractivity contribution in [3.05, 3.63) is 29.8 Å². The molecule has 0 saturated carbocycles. The van der Waals surface area contributed by atoms with E-state index in [1.807, 2.05) is 31.2 Å². The van der Waals surface area contributed by atoms with E-state index in [1.165, 1.54) is 7.11 Å². The molecule has 0 aliphatic heterocycles. The molecule has 1 aromatic rings. The molecule has 0 aliphatic rings. The van der Waals surface area contributed by atoms with Crippen molar-refractivity contribution >= 4 is 11.9 Å². The van der Waals surface area contributed by atoms with Gasteiger partial charge < -0.3 is 24.8 Å². The molecule has 0 saturated heterocycles. The molecule has 0 aliphatic carbocycles. The summed E-state index contributed by atoms with van der Waals surface area (Å²) in [4.78, 5) is 24.2. The van der Waals surface area contributed by atoms with Gasteiger partial charge in [0.25, 0.3) is 0 Å². The number of aliphatic hydroxyl groups is 1. The molecular weight excluding hydrogens is 336 g/mol. The number of aryl methyl sites for hydroxylation is 1. The summed E-state index contributed by atoms with van der Waals surface area (Å²) < 4.78 is 10.2. The van der Waals surface area contributed by atoms with Crippen LogP contribution in [0.5, 0.6) is 5.75 Å². The molecule has 0 aromatic heterocycles. The monoisotopic (exact) mass is 366 g/mol. The molecule has 2 N–H and O–H groups in total. The van der Waals surface area contributed by atoms with Crippen LogP contribution >= 0.6 is 0 Å². The van der Waals surface area contributed by atoms with E-state index in [2.05, 4.69) is 10.1 Å². The molecule has 0 spiro atoms. The SMILES string of the molecule is CCC(=O)N(C)CCNCC(O)COc1ccc(CCC(=O)OC)cc1. The first-order valence-corrected chi connectivity index (χ1v) is 8.87. The van der Waals surface area contributed by atoms with E-state index in [0.29, 0.717) is 44.6 Å². The molecule has 1 amide bonds. The smallest absolute Gasteiger partial charge is 0.305 e. The maximum Gasteiger partial charge on any atom is 0.305 e. The number of hydrogen-bond donors (Lipinski definition) is 2. The Bertz CT molecular complexity index is 547. The van der Waals surface area contributed by atoms with Crippen LogP contribution in [0.3, 0.4) is 0 Å². The molecule has 1 unspecified atom stereocenters. The number of amides is 1. The lowest BCUT2D eigenvalue weighted by molar-refractivity contribution is -0.140. The quantitative estimate of drug-likeness (QED) is 0.424. The van der Waals surface area contributed by atoms with E-state index in [4.69, 9.17) is 4.74 Å². The second-order valence-electron chi connectivity index (χ2n) is 6.06. The summed E-state index contributed by atoms with van der Waals surface area (Å²) in [5, 5.41) is 13.0. The Morgan fingerprint density at radius 2 is 1.96 bits per heavy atom. The van der Waals surface area contributed by atoms with Gasteiger partial charge in [-0.15, -0.1) is 0 Å². The van der Waals surface area contributed by atoms with Crippen molar-refractivity contribution < 1.29 is 24.2 Å². The summed E-state index contributed by atoms with van der Waals surface area (Å²) in [5.74, 6) is 0.538. The van der Waals surface area contributed by atoms with Crippen LogP contribution in [-0.2, 0) is 20.7 Å². The first kappa shape index (κ1) is 21.9. The number of rotatable bonds is 12. The Kier molecular flexibility index (Phi) is 10.3. The number of hydrogen-bond acceptors (Lipinski definition) is 6. The predicted molar refractivity (Wildman–Crippen MR) is 99.1 cm³/mol. The minimum Gasteiger partial charge on any atom is -0.491 e. The number of nitrogens with zero attached hydrogens (tertiary/aromatic N) is 1.